The van der Waals surface area contributed by atoms with Crippen LogP contribution in [0.3, 0.4) is 0 Å². The first-order valence-corrected chi connectivity index (χ1v) is 5.57. The van der Waals surface area contributed by atoms with Crippen LogP contribution >= 0.6 is 0 Å². The van der Waals surface area contributed by atoms with E-state index in [1.54, 1.807) is 0 Å². The fraction of sp³-hybridized carbons (Fsp3) is 0.462. The van der Waals surface area contributed by atoms with Gasteiger partial charge in [-0.3, -0.25) is 4.79 Å². The third-order valence-corrected chi connectivity index (χ3v) is 2.65. The van der Waals surface area contributed by atoms with E-state index in [-0.39, 0.29) is 24.3 Å². The molecule has 0 aliphatic carbocycles. The number of amides is 1. The summed E-state index contributed by atoms with van der Waals surface area (Å²) in [7, 11) is 0. The van der Waals surface area contributed by atoms with Gasteiger partial charge in [0.25, 0.3) is 0 Å². The summed E-state index contributed by atoms with van der Waals surface area (Å²) in [6.45, 7) is 4.28. The summed E-state index contributed by atoms with van der Waals surface area (Å²) in [6.07, 6.45) is 0. The van der Waals surface area contributed by atoms with E-state index >= 15 is 0 Å². The molecule has 0 aliphatic rings. The van der Waals surface area contributed by atoms with Gasteiger partial charge in [0.2, 0.25) is 5.91 Å². The zero-order chi connectivity index (χ0) is 12.0. The second-order valence-electron chi connectivity index (χ2n) is 4.24. The molecule has 0 spiro atoms. The molecule has 0 aromatic heterocycles. The highest BCUT2D eigenvalue weighted by Crippen LogP contribution is 2.10. The van der Waals surface area contributed by atoms with Crippen molar-refractivity contribution < 1.29 is 9.90 Å². The lowest BCUT2D eigenvalue weighted by atomic mass is 9.96. The molecule has 0 fully saturated rings. The van der Waals surface area contributed by atoms with E-state index in [9.17, 15) is 4.79 Å². The maximum Gasteiger partial charge on any atom is 0.225 e. The van der Waals surface area contributed by atoms with Crippen LogP contribution in [0.5, 0.6) is 0 Å². The number of carbonyl (C=O) groups is 1. The first-order valence-electron chi connectivity index (χ1n) is 5.57. The molecule has 0 saturated carbocycles. The Morgan fingerprint density at radius 1 is 1.31 bits per heavy atom. The number of benzene rings is 1. The van der Waals surface area contributed by atoms with Gasteiger partial charge in [-0.1, -0.05) is 44.2 Å². The van der Waals surface area contributed by atoms with Crippen LogP contribution < -0.4 is 5.32 Å². The van der Waals surface area contributed by atoms with Gasteiger partial charge in [0.05, 0.1) is 12.5 Å². The molecule has 2 N–H and O–H groups in total. The number of nitrogens with one attached hydrogen (secondary N) is 1. The lowest BCUT2D eigenvalue weighted by Gasteiger charge is -2.17. The van der Waals surface area contributed by atoms with Gasteiger partial charge in [0.1, 0.15) is 0 Å². The lowest BCUT2D eigenvalue weighted by molar-refractivity contribution is -0.127. The first kappa shape index (κ1) is 12.7. The SMILES string of the molecule is CC(C)C(CO)C(=O)NCc1ccccc1. The monoisotopic (exact) mass is 221 g/mol. The second kappa shape index (κ2) is 6.28. The Balaban J connectivity index is 2.46. The van der Waals surface area contributed by atoms with Gasteiger partial charge in [-0.2, -0.15) is 0 Å². The molecule has 88 valence electrons. The molecule has 1 aromatic rings. The first-order chi connectivity index (χ1) is 7.65. The molecule has 0 saturated heterocycles. The highest BCUT2D eigenvalue weighted by molar-refractivity contribution is 5.78. The highest BCUT2D eigenvalue weighted by atomic mass is 16.3. The quantitative estimate of drug-likeness (QED) is 0.793. The Hall–Kier alpha value is -1.35. The zero-order valence-corrected chi connectivity index (χ0v) is 9.81. The largest absolute Gasteiger partial charge is 0.396 e. The molecule has 1 unspecified atom stereocenters. The minimum Gasteiger partial charge on any atom is -0.396 e. The second-order valence-corrected chi connectivity index (χ2v) is 4.24. The van der Waals surface area contributed by atoms with E-state index in [0.29, 0.717) is 6.54 Å². The number of hydrogen-bond acceptors (Lipinski definition) is 2. The van der Waals surface area contributed by atoms with Crippen LogP contribution in [-0.4, -0.2) is 17.6 Å². The van der Waals surface area contributed by atoms with Crippen molar-refractivity contribution >= 4 is 5.91 Å². The average Bonchev–Trinajstić information content (AvgIpc) is 2.28. The predicted octanol–water partition coefficient (Wildman–Crippen LogP) is 1.57. The number of aliphatic hydroxyl groups is 1. The standard InChI is InChI=1S/C13H19NO2/c1-10(2)12(9-15)13(16)14-8-11-6-4-3-5-7-11/h3-7,10,12,15H,8-9H2,1-2H3,(H,14,16). The molecule has 1 rings (SSSR count). The summed E-state index contributed by atoms with van der Waals surface area (Å²) in [6, 6.07) is 9.74. The van der Waals surface area contributed by atoms with Crippen molar-refractivity contribution in [2.45, 2.75) is 20.4 Å². The van der Waals surface area contributed by atoms with Gasteiger partial charge in [-0.05, 0) is 11.5 Å². The van der Waals surface area contributed by atoms with Crippen molar-refractivity contribution in [3.8, 4) is 0 Å². The van der Waals surface area contributed by atoms with Gasteiger partial charge in [-0.15, -0.1) is 0 Å². The molecule has 3 nitrogen and oxygen atoms in total. The van der Waals surface area contributed by atoms with Crippen molar-refractivity contribution in [2.75, 3.05) is 6.61 Å². The molecule has 1 aromatic carbocycles. The van der Waals surface area contributed by atoms with E-state index in [4.69, 9.17) is 5.11 Å². The van der Waals surface area contributed by atoms with Crippen molar-refractivity contribution in [3.63, 3.8) is 0 Å². The van der Waals surface area contributed by atoms with Crippen molar-refractivity contribution in [1.82, 2.24) is 5.32 Å². The molecule has 16 heavy (non-hydrogen) atoms. The van der Waals surface area contributed by atoms with Crippen molar-refractivity contribution in [2.24, 2.45) is 11.8 Å². The molecule has 1 amide bonds. The van der Waals surface area contributed by atoms with Crippen LogP contribution in [0, 0.1) is 11.8 Å². The molecule has 3 heteroatoms. The molecular formula is C13H19NO2. The average molecular weight is 221 g/mol. The van der Waals surface area contributed by atoms with Crippen LogP contribution in [0.2, 0.25) is 0 Å². The Kier molecular flexibility index (Phi) is 4.99. The van der Waals surface area contributed by atoms with Gasteiger partial charge < -0.3 is 10.4 Å². The van der Waals surface area contributed by atoms with E-state index < -0.39 is 0 Å². The third kappa shape index (κ3) is 3.66. The summed E-state index contributed by atoms with van der Waals surface area (Å²) in [5.74, 6) is -0.245. The van der Waals surface area contributed by atoms with Gasteiger partial charge in [0.15, 0.2) is 0 Å². The van der Waals surface area contributed by atoms with Gasteiger partial charge in [0, 0.05) is 6.54 Å². The topological polar surface area (TPSA) is 49.3 Å². The Morgan fingerprint density at radius 2 is 1.94 bits per heavy atom. The van der Waals surface area contributed by atoms with E-state index in [1.165, 1.54) is 0 Å². The fourth-order valence-electron chi connectivity index (χ4n) is 1.51. The number of rotatable bonds is 5. The Bertz CT molecular complexity index is 322. The maximum atomic E-state index is 11.7. The Morgan fingerprint density at radius 3 is 2.44 bits per heavy atom. The number of aliphatic hydroxyl groups excluding tert-OH is 1. The van der Waals surface area contributed by atoms with Crippen molar-refractivity contribution in [1.29, 1.82) is 0 Å². The highest BCUT2D eigenvalue weighted by Gasteiger charge is 2.20. The molecule has 0 radical (unpaired) electrons. The summed E-state index contributed by atoms with van der Waals surface area (Å²) < 4.78 is 0. The van der Waals surface area contributed by atoms with Crippen LogP contribution in [-0.2, 0) is 11.3 Å². The Labute approximate surface area is 96.5 Å². The van der Waals surface area contributed by atoms with Crippen molar-refractivity contribution in [3.05, 3.63) is 35.9 Å². The molecule has 0 aliphatic heterocycles. The normalized spacial score (nSPS) is 12.5. The predicted molar refractivity (Wildman–Crippen MR) is 63.7 cm³/mol. The molecule has 1 atom stereocenters. The maximum absolute atomic E-state index is 11.7. The molecular weight excluding hydrogens is 202 g/mol. The third-order valence-electron chi connectivity index (χ3n) is 2.65. The molecule has 0 heterocycles. The van der Waals surface area contributed by atoms with Crippen LogP contribution in [0.15, 0.2) is 30.3 Å². The van der Waals surface area contributed by atoms with Crippen LogP contribution in [0.25, 0.3) is 0 Å². The van der Waals surface area contributed by atoms with E-state index in [0.717, 1.165) is 5.56 Å². The summed E-state index contributed by atoms with van der Waals surface area (Å²) in [5, 5.41) is 11.9. The van der Waals surface area contributed by atoms with Crippen LogP contribution in [0.1, 0.15) is 19.4 Å². The minimum atomic E-state index is -0.316. The summed E-state index contributed by atoms with van der Waals surface area (Å²) in [4.78, 5) is 11.7. The smallest absolute Gasteiger partial charge is 0.225 e. The van der Waals surface area contributed by atoms with Gasteiger partial charge >= 0.3 is 0 Å². The summed E-state index contributed by atoms with van der Waals surface area (Å²) in [5.41, 5.74) is 1.07. The number of hydrogen-bond donors (Lipinski definition) is 2. The fourth-order valence-corrected chi connectivity index (χ4v) is 1.51. The minimum absolute atomic E-state index is 0.0821. The van der Waals surface area contributed by atoms with Crippen LogP contribution in [0.4, 0.5) is 0 Å². The van der Waals surface area contributed by atoms with E-state index in [2.05, 4.69) is 5.32 Å². The molecule has 0 bridgehead atoms. The zero-order valence-electron chi connectivity index (χ0n) is 9.81. The van der Waals surface area contributed by atoms with E-state index in [1.807, 2.05) is 44.2 Å². The lowest BCUT2D eigenvalue weighted by Crippen LogP contribution is -2.35. The van der Waals surface area contributed by atoms with Gasteiger partial charge in [-0.25, -0.2) is 0 Å². The number of carbonyl (C=O) groups excluding carboxylic acids is 1. The summed E-state index contributed by atoms with van der Waals surface area (Å²) >= 11 is 0.